The van der Waals surface area contributed by atoms with Crippen LogP contribution in [0.5, 0.6) is 0 Å². The van der Waals surface area contributed by atoms with E-state index in [0.717, 1.165) is 16.6 Å². The Morgan fingerprint density at radius 1 is 0.784 bits per heavy atom. The minimum absolute atomic E-state index is 0.125. The van der Waals surface area contributed by atoms with E-state index in [1.807, 2.05) is 55.1 Å². The first-order valence-electron chi connectivity index (χ1n) is 16.1. The molecule has 3 N–H and O–H groups in total. The van der Waals surface area contributed by atoms with Gasteiger partial charge in [0.2, 0.25) is 5.36 Å². The van der Waals surface area contributed by atoms with Crippen LogP contribution in [0.2, 0.25) is 0 Å². The van der Waals surface area contributed by atoms with Crippen molar-refractivity contribution in [3.05, 3.63) is 131 Å². The first-order valence-corrected chi connectivity index (χ1v) is 18.9. The lowest BCUT2D eigenvalue weighted by atomic mass is 9.90. The second-order valence-corrected chi connectivity index (χ2v) is 14.7. The molecule has 0 spiro atoms. The minimum atomic E-state index is -4.45. The SMILES string of the molecule is CCN(Cc1ccccc1S(=O)(=O)O)c1ccc2c(-c3ccccc3C(=O)O)c3ccc(=[N+](CC)Cc4ccc(S(=O)(=O)O)cc4)cc-3oc2c1. The summed E-state index contributed by atoms with van der Waals surface area (Å²) in [6.07, 6.45) is 0. The second-order valence-electron chi connectivity index (χ2n) is 11.9. The van der Waals surface area contributed by atoms with E-state index in [4.69, 9.17) is 4.42 Å². The summed E-state index contributed by atoms with van der Waals surface area (Å²) in [7, 11) is -8.77. The molecule has 4 aromatic carbocycles. The van der Waals surface area contributed by atoms with Gasteiger partial charge in [-0.2, -0.15) is 16.8 Å². The van der Waals surface area contributed by atoms with Gasteiger partial charge >= 0.3 is 5.97 Å². The number of aromatic carboxylic acids is 1. The second kappa shape index (κ2) is 14.1. The van der Waals surface area contributed by atoms with Gasteiger partial charge in [0, 0.05) is 53.0 Å². The van der Waals surface area contributed by atoms with Gasteiger partial charge in [-0.3, -0.25) is 9.11 Å². The summed E-state index contributed by atoms with van der Waals surface area (Å²) in [6.45, 7) is 5.60. The summed E-state index contributed by atoms with van der Waals surface area (Å²) < 4.78 is 75.1. The summed E-state index contributed by atoms with van der Waals surface area (Å²) in [5.74, 6) is -0.583. The number of hydrogen-bond acceptors (Lipinski definition) is 7. The Bertz CT molecular complexity index is 2540. The molecule has 1 aliphatic carbocycles. The van der Waals surface area contributed by atoms with E-state index >= 15 is 0 Å². The van der Waals surface area contributed by atoms with Gasteiger partial charge < -0.3 is 14.4 Å². The molecule has 0 amide bonds. The van der Waals surface area contributed by atoms with Gasteiger partial charge in [0.1, 0.15) is 17.9 Å². The Labute approximate surface area is 295 Å². The molecule has 0 unspecified atom stereocenters. The van der Waals surface area contributed by atoms with Crippen LogP contribution in [-0.4, -0.2) is 50.1 Å². The Balaban J connectivity index is 1.54. The highest BCUT2D eigenvalue weighted by atomic mass is 32.2. The number of rotatable bonds is 11. The monoisotopic (exact) mass is 727 g/mol. The molecule has 0 fully saturated rings. The fourth-order valence-electron chi connectivity index (χ4n) is 6.29. The van der Waals surface area contributed by atoms with E-state index in [2.05, 4.69) is 4.58 Å². The Morgan fingerprint density at radius 3 is 2.16 bits per heavy atom. The first-order chi connectivity index (χ1) is 24.3. The van der Waals surface area contributed by atoms with E-state index in [1.54, 1.807) is 54.6 Å². The lowest BCUT2D eigenvalue weighted by Gasteiger charge is -2.25. The van der Waals surface area contributed by atoms with E-state index in [0.29, 0.717) is 58.6 Å². The van der Waals surface area contributed by atoms with Gasteiger partial charge in [0.25, 0.3) is 20.2 Å². The highest BCUT2D eigenvalue weighted by Gasteiger charge is 2.24. The average molecular weight is 728 g/mol. The van der Waals surface area contributed by atoms with Crippen molar-refractivity contribution in [1.82, 2.24) is 4.58 Å². The maximum atomic E-state index is 12.4. The average Bonchev–Trinajstić information content (AvgIpc) is 3.11. The van der Waals surface area contributed by atoms with Crippen molar-refractivity contribution in [2.24, 2.45) is 0 Å². The van der Waals surface area contributed by atoms with E-state index in [1.165, 1.54) is 18.2 Å². The van der Waals surface area contributed by atoms with E-state index in [9.17, 15) is 35.8 Å². The Morgan fingerprint density at radius 2 is 1.49 bits per heavy atom. The normalized spacial score (nSPS) is 12.6. The van der Waals surface area contributed by atoms with Crippen molar-refractivity contribution in [3.63, 3.8) is 0 Å². The van der Waals surface area contributed by atoms with Crippen molar-refractivity contribution in [1.29, 1.82) is 0 Å². The molecule has 0 saturated heterocycles. The van der Waals surface area contributed by atoms with Gasteiger partial charge in [-0.25, -0.2) is 9.37 Å². The van der Waals surface area contributed by atoms with Gasteiger partial charge in [-0.05, 0) is 67.4 Å². The lowest BCUT2D eigenvalue weighted by Crippen LogP contribution is -2.29. The number of carboxylic acids is 1. The molecular formula is C38H35N2O9S2+. The summed E-state index contributed by atoms with van der Waals surface area (Å²) >= 11 is 0. The largest absolute Gasteiger partial charge is 0.478 e. The third-order valence-corrected chi connectivity index (χ3v) is 10.6. The number of benzene rings is 5. The summed E-state index contributed by atoms with van der Waals surface area (Å²) in [6, 6.07) is 30.3. The maximum Gasteiger partial charge on any atom is 0.336 e. The number of hydrogen-bond donors (Lipinski definition) is 3. The predicted molar refractivity (Wildman–Crippen MR) is 194 cm³/mol. The number of fused-ring (bicyclic) bond motifs is 2. The Hall–Kier alpha value is -5.34. The van der Waals surface area contributed by atoms with Gasteiger partial charge in [-0.1, -0.05) is 48.5 Å². The molecule has 262 valence electrons. The molecule has 1 aliphatic heterocycles. The lowest BCUT2D eigenvalue weighted by molar-refractivity contribution is 0.0697. The van der Waals surface area contributed by atoms with Crippen molar-refractivity contribution in [2.45, 2.75) is 36.7 Å². The third kappa shape index (κ3) is 7.42. The smallest absolute Gasteiger partial charge is 0.336 e. The van der Waals surface area contributed by atoms with Gasteiger partial charge in [-0.15, -0.1) is 0 Å². The number of carboxylic acid groups (broad SMARTS) is 1. The molecule has 0 radical (unpaired) electrons. The van der Waals surface area contributed by atoms with Crippen LogP contribution in [0.15, 0.2) is 123 Å². The zero-order valence-electron chi connectivity index (χ0n) is 27.7. The fourth-order valence-corrected chi connectivity index (χ4v) is 7.48. The van der Waals surface area contributed by atoms with E-state index < -0.39 is 26.2 Å². The van der Waals surface area contributed by atoms with Crippen LogP contribution in [0.4, 0.5) is 5.69 Å². The fraction of sp³-hybridized carbons (Fsp3) is 0.158. The van der Waals surface area contributed by atoms with Crippen LogP contribution in [0, 0.1) is 0 Å². The van der Waals surface area contributed by atoms with Crippen molar-refractivity contribution < 1.29 is 40.3 Å². The molecule has 4 aromatic rings. The molecule has 0 saturated carbocycles. The van der Waals surface area contributed by atoms with Crippen LogP contribution in [0.3, 0.4) is 0 Å². The summed E-state index contributed by atoms with van der Waals surface area (Å²) in [5.41, 5.74) is 4.42. The van der Waals surface area contributed by atoms with Crippen LogP contribution in [0.25, 0.3) is 33.4 Å². The molecule has 6 rings (SSSR count). The van der Waals surface area contributed by atoms with Gasteiger partial charge in [0.05, 0.1) is 21.4 Å². The van der Waals surface area contributed by atoms with Crippen LogP contribution >= 0.6 is 0 Å². The minimum Gasteiger partial charge on any atom is -0.478 e. The van der Waals surface area contributed by atoms with Crippen LogP contribution < -0.4 is 14.8 Å². The van der Waals surface area contributed by atoms with Crippen molar-refractivity contribution >= 4 is 42.9 Å². The number of carbonyl (C=O) groups is 1. The summed E-state index contributed by atoms with van der Waals surface area (Å²) in [4.78, 5) is 14.0. The topological polar surface area (TPSA) is 165 Å². The highest BCUT2D eigenvalue weighted by Crippen LogP contribution is 2.42. The summed E-state index contributed by atoms with van der Waals surface area (Å²) in [5, 5.41) is 11.6. The van der Waals surface area contributed by atoms with Crippen LogP contribution in [0.1, 0.15) is 35.3 Å². The Kier molecular flexibility index (Phi) is 9.82. The van der Waals surface area contributed by atoms with Crippen LogP contribution in [-0.2, 0) is 33.3 Å². The van der Waals surface area contributed by atoms with E-state index in [-0.39, 0.29) is 21.9 Å². The predicted octanol–water partition coefficient (Wildman–Crippen LogP) is 6.42. The first kappa shape index (κ1) is 35.5. The molecule has 0 atom stereocenters. The molecule has 11 nitrogen and oxygen atoms in total. The van der Waals surface area contributed by atoms with Crippen molar-refractivity contribution in [3.8, 4) is 22.5 Å². The highest BCUT2D eigenvalue weighted by molar-refractivity contribution is 7.86. The van der Waals surface area contributed by atoms with Crippen molar-refractivity contribution in [2.75, 3.05) is 18.0 Å². The maximum absolute atomic E-state index is 12.4. The molecule has 0 bridgehead atoms. The molecule has 0 aromatic heterocycles. The third-order valence-electron chi connectivity index (χ3n) is 8.82. The molecule has 2 aliphatic rings. The number of nitrogens with zero attached hydrogens (tertiary/aromatic N) is 2. The molecule has 1 heterocycles. The molecule has 13 heteroatoms. The molecule has 51 heavy (non-hydrogen) atoms. The van der Waals surface area contributed by atoms with Gasteiger partial charge in [0.15, 0.2) is 6.54 Å². The standard InChI is InChI=1S/C38H34N2O9S2/c1-3-39(23-25-13-17-29(18-14-25)50(43,44)45)27-15-19-32-34(21-27)49-35-22-28(40(4-2)24-26-9-5-8-12-36(26)51(46,47)48)16-20-33(35)37(32)30-10-6-7-11-31(30)38(41)42/h5-22H,3-4,23-24H2,1-2H3,(H2-,41,42,43,44,45,46,47,48)/p+1. The molecular weight excluding hydrogens is 693 g/mol. The quantitative estimate of drug-likeness (QED) is 0.0771. The zero-order chi connectivity index (χ0) is 36.5. The number of anilines is 1. The zero-order valence-corrected chi connectivity index (χ0v) is 29.4.